The van der Waals surface area contributed by atoms with Gasteiger partial charge in [0.05, 0.1) is 18.9 Å². The smallest absolute Gasteiger partial charge is 0.422 e. The quantitative estimate of drug-likeness (QED) is 0.587. The maximum Gasteiger partial charge on any atom is 0.422 e. The van der Waals surface area contributed by atoms with E-state index < -0.39 is 12.8 Å². The average Bonchev–Trinajstić information content (AvgIpc) is 3.08. The SMILES string of the molecule is Fc1ccc(Cn2cc(OCc3ccc(OCC(F)(F)F)nn3)cn2)cc1. The van der Waals surface area contributed by atoms with Gasteiger partial charge in [0.15, 0.2) is 12.4 Å². The molecule has 1 aromatic carbocycles. The minimum atomic E-state index is -4.43. The van der Waals surface area contributed by atoms with Gasteiger partial charge in [0.25, 0.3) is 0 Å². The number of alkyl halides is 3. The van der Waals surface area contributed by atoms with Crippen LogP contribution in [0.2, 0.25) is 0 Å². The first-order chi connectivity index (χ1) is 12.9. The van der Waals surface area contributed by atoms with E-state index in [0.29, 0.717) is 18.0 Å². The Bertz CT molecular complexity index is 864. The molecule has 2 heterocycles. The van der Waals surface area contributed by atoms with Gasteiger partial charge in [-0.1, -0.05) is 12.1 Å². The number of hydrogen-bond donors (Lipinski definition) is 0. The molecule has 0 unspecified atom stereocenters. The Labute approximate surface area is 151 Å². The van der Waals surface area contributed by atoms with E-state index in [0.717, 1.165) is 5.56 Å². The lowest BCUT2D eigenvalue weighted by Gasteiger charge is -2.08. The van der Waals surface area contributed by atoms with E-state index in [2.05, 4.69) is 20.0 Å². The van der Waals surface area contributed by atoms with Crippen LogP contribution in [0.5, 0.6) is 11.6 Å². The molecular weight excluding hydrogens is 368 g/mol. The van der Waals surface area contributed by atoms with Gasteiger partial charge >= 0.3 is 6.18 Å². The lowest BCUT2D eigenvalue weighted by Crippen LogP contribution is -2.19. The summed E-state index contributed by atoms with van der Waals surface area (Å²) in [6.07, 6.45) is -1.26. The molecular formula is C17H14F4N4O2. The van der Waals surface area contributed by atoms with Gasteiger partial charge in [-0.3, -0.25) is 4.68 Å². The second-order valence-corrected chi connectivity index (χ2v) is 5.56. The van der Waals surface area contributed by atoms with E-state index in [1.807, 2.05) is 0 Å². The molecule has 0 saturated carbocycles. The monoisotopic (exact) mass is 382 g/mol. The van der Waals surface area contributed by atoms with Crippen LogP contribution in [0.4, 0.5) is 17.6 Å². The van der Waals surface area contributed by atoms with E-state index in [4.69, 9.17) is 4.74 Å². The average molecular weight is 382 g/mol. The highest BCUT2D eigenvalue weighted by atomic mass is 19.4. The van der Waals surface area contributed by atoms with Crippen LogP contribution in [-0.4, -0.2) is 32.8 Å². The molecule has 0 saturated heterocycles. The van der Waals surface area contributed by atoms with Gasteiger partial charge in [-0.2, -0.15) is 18.3 Å². The van der Waals surface area contributed by atoms with Crippen LogP contribution in [0.25, 0.3) is 0 Å². The van der Waals surface area contributed by atoms with Crippen molar-refractivity contribution in [3.63, 3.8) is 0 Å². The van der Waals surface area contributed by atoms with Crippen LogP contribution in [0.3, 0.4) is 0 Å². The number of hydrogen-bond acceptors (Lipinski definition) is 5. The van der Waals surface area contributed by atoms with Gasteiger partial charge in [0, 0.05) is 6.07 Å². The molecule has 0 fully saturated rings. The lowest BCUT2D eigenvalue weighted by atomic mass is 10.2. The fourth-order valence-electron chi connectivity index (χ4n) is 2.10. The first kappa shape index (κ1) is 18.6. The number of rotatable bonds is 7. The van der Waals surface area contributed by atoms with Gasteiger partial charge in [0.2, 0.25) is 5.88 Å². The zero-order valence-corrected chi connectivity index (χ0v) is 13.9. The predicted molar refractivity (Wildman–Crippen MR) is 85.6 cm³/mol. The van der Waals surface area contributed by atoms with Gasteiger partial charge in [-0.25, -0.2) is 4.39 Å². The normalized spacial score (nSPS) is 11.4. The van der Waals surface area contributed by atoms with Crippen LogP contribution in [-0.2, 0) is 13.2 Å². The summed E-state index contributed by atoms with van der Waals surface area (Å²) in [5.74, 6) is -0.0429. The predicted octanol–water partition coefficient (Wildman–Crippen LogP) is 3.38. The van der Waals surface area contributed by atoms with Gasteiger partial charge < -0.3 is 9.47 Å². The third-order valence-corrected chi connectivity index (χ3v) is 3.33. The van der Waals surface area contributed by atoms with Crippen molar-refractivity contribution >= 4 is 0 Å². The lowest BCUT2D eigenvalue weighted by molar-refractivity contribution is -0.154. The van der Waals surface area contributed by atoms with Gasteiger partial charge in [-0.15, -0.1) is 10.2 Å². The van der Waals surface area contributed by atoms with Crippen molar-refractivity contribution in [1.82, 2.24) is 20.0 Å². The van der Waals surface area contributed by atoms with E-state index in [-0.39, 0.29) is 18.3 Å². The molecule has 10 heteroatoms. The Hall–Kier alpha value is -3.17. The first-order valence-electron chi connectivity index (χ1n) is 7.79. The first-order valence-corrected chi connectivity index (χ1v) is 7.79. The van der Waals surface area contributed by atoms with Gasteiger partial charge in [-0.05, 0) is 23.8 Å². The molecule has 3 rings (SSSR count). The van der Waals surface area contributed by atoms with Gasteiger partial charge in [0.1, 0.15) is 18.1 Å². The molecule has 0 atom stereocenters. The van der Waals surface area contributed by atoms with Crippen molar-refractivity contribution in [3.05, 3.63) is 65.9 Å². The summed E-state index contributed by atoms with van der Waals surface area (Å²) < 4.78 is 60.7. The fraction of sp³-hybridized carbons (Fsp3) is 0.235. The van der Waals surface area contributed by atoms with Crippen LogP contribution >= 0.6 is 0 Å². The van der Waals surface area contributed by atoms with E-state index in [1.54, 1.807) is 23.0 Å². The zero-order chi connectivity index (χ0) is 19.3. The Morgan fingerprint density at radius 3 is 2.41 bits per heavy atom. The largest absolute Gasteiger partial charge is 0.484 e. The van der Waals surface area contributed by atoms with Crippen molar-refractivity contribution in [2.24, 2.45) is 0 Å². The van der Waals surface area contributed by atoms with Crippen LogP contribution in [0.1, 0.15) is 11.3 Å². The summed E-state index contributed by atoms with van der Waals surface area (Å²) in [5.41, 5.74) is 1.30. The summed E-state index contributed by atoms with van der Waals surface area (Å²) in [4.78, 5) is 0. The number of halogens is 4. The number of aromatic nitrogens is 4. The number of nitrogens with zero attached hydrogens (tertiary/aromatic N) is 4. The van der Waals surface area contributed by atoms with E-state index in [9.17, 15) is 17.6 Å². The molecule has 142 valence electrons. The molecule has 6 nitrogen and oxygen atoms in total. The molecule has 0 aliphatic rings. The molecule has 0 amide bonds. The van der Waals surface area contributed by atoms with E-state index in [1.165, 1.54) is 30.5 Å². The summed E-state index contributed by atoms with van der Waals surface area (Å²) in [5, 5.41) is 11.4. The fourth-order valence-corrected chi connectivity index (χ4v) is 2.10. The molecule has 27 heavy (non-hydrogen) atoms. The zero-order valence-electron chi connectivity index (χ0n) is 13.9. The summed E-state index contributed by atoms with van der Waals surface area (Å²) >= 11 is 0. The molecule has 0 N–H and O–H groups in total. The molecule has 2 aromatic heterocycles. The third kappa shape index (κ3) is 5.94. The van der Waals surface area contributed by atoms with Crippen molar-refractivity contribution in [1.29, 1.82) is 0 Å². The van der Waals surface area contributed by atoms with Crippen LogP contribution < -0.4 is 9.47 Å². The highest BCUT2D eigenvalue weighted by molar-refractivity contribution is 5.18. The molecule has 0 radical (unpaired) electrons. The molecule has 0 aliphatic heterocycles. The van der Waals surface area contributed by atoms with Crippen LogP contribution in [0, 0.1) is 5.82 Å². The maximum atomic E-state index is 12.9. The van der Waals surface area contributed by atoms with Crippen LogP contribution in [0.15, 0.2) is 48.8 Å². The Morgan fingerprint density at radius 1 is 0.963 bits per heavy atom. The van der Waals surface area contributed by atoms with Crippen molar-refractivity contribution < 1.29 is 27.0 Å². The summed E-state index contributed by atoms with van der Waals surface area (Å²) in [7, 11) is 0. The Balaban J connectivity index is 1.50. The number of ether oxygens (including phenoxy) is 2. The second-order valence-electron chi connectivity index (χ2n) is 5.56. The van der Waals surface area contributed by atoms with Crippen molar-refractivity contribution in [2.45, 2.75) is 19.3 Å². The minimum Gasteiger partial charge on any atom is -0.484 e. The van der Waals surface area contributed by atoms with Crippen molar-refractivity contribution in [2.75, 3.05) is 6.61 Å². The van der Waals surface area contributed by atoms with Crippen molar-refractivity contribution in [3.8, 4) is 11.6 Å². The van der Waals surface area contributed by atoms with E-state index >= 15 is 0 Å². The minimum absolute atomic E-state index is 0.0643. The summed E-state index contributed by atoms with van der Waals surface area (Å²) in [6, 6.07) is 8.82. The highest BCUT2D eigenvalue weighted by Crippen LogP contribution is 2.17. The molecule has 3 aromatic rings. The highest BCUT2D eigenvalue weighted by Gasteiger charge is 2.28. The maximum absolute atomic E-state index is 12.9. The summed E-state index contributed by atoms with van der Waals surface area (Å²) in [6.45, 7) is -0.908. The molecule has 0 spiro atoms. The Kier molecular flexibility index (Phi) is 5.53. The third-order valence-electron chi connectivity index (χ3n) is 3.33. The molecule has 0 bridgehead atoms. The number of benzene rings is 1. The Morgan fingerprint density at radius 2 is 1.74 bits per heavy atom. The second kappa shape index (κ2) is 8.02. The standard InChI is InChI=1S/C17H14F4N4O2/c18-13-3-1-12(2-4-13)8-25-9-15(7-22-25)26-10-14-5-6-16(24-23-14)27-11-17(19,20)21/h1-7,9H,8,10-11H2. The molecule has 0 aliphatic carbocycles. The topological polar surface area (TPSA) is 62.1 Å².